The molecule has 2 rings (SSSR count). The van der Waals surface area contributed by atoms with E-state index < -0.39 is 11.4 Å². The quantitative estimate of drug-likeness (QED) is 0.865. The largest absolute Gasteiger partial charge is 0.481 e. The van der Waals surface area contributed by atoms with Crippen LogP contribution in [0.15, 0.2) is 0 Å². The Morgan fingerprint density at radius 3 is 2.25 bits per heavy atom. The van der Waals surface area contributed by atoms with E-state index in [1.807, 2.05) is 13.8 Å². The van der Waals surface area contributed by atoms with Crippen molar-refractivity contribution in [3.05, 3.63) is 0 Å². The van der Waals surface area contributed by atoms with E-state index >= 15 is 0 Å². The Bertz CT molecular complexity index is 403. The van der Waals surface area contributed by atoms with Crippen molar-refractivity contribution >= 4 is 5.97 Å². The molecule has 4 heteroatoms. The first-order chi connectivity index (χ1) is 9.00. The fourth-order valence-corrected chi connectivity index (χ4v) is 4.12. The minimum Gasteiger partial charge on any atom is -0.481 e. The fraction of sp³-hybridized carbons (Fsp3) is 0.938. The summed E-state index contributed by atoms with van der Waals surface area (Å²) in [5, 5.41) is 9.67. The Balaban J connectivity index is 2.19. The summed E-state index contributed by atoms with van der Waals surface area (Å²) in [5.41, 5.74) is -0.932. The molecular formula is C16H29NO3. The van der Waals surface area contributed by atoms with Crippen LogP contribution in [0.5, 0.6) is 0 Å². The van der Waals surface area contributed by atoms with E-state index in [0.717, 1.165) is 19.4 Å². The summed E-state index contributed by atoms with van der Waals surface area (Å²) in [4.78, 5) is 14.1. The summed E-state index contributed by atoms with van der Waals surface area (Å²) in [6.45, 7) is 14.1. The highest BCUT2D eigenvalue weighted by Gasteiger charge is 2.54. The summed E-state index contributed by atoms with van der Waals surface area (Å²) in [5.74, 6) is -0.491. The highest BCUT2D eigenvalue weighted by molar-refractivity contribution is 5.75. The predicted molar refractivity (Wildman–Crippen MR) is 78.7 cm³/mol. The molecule has 0 saturated carbocycles. The van der Waals surface area contributed by atoms with Gasteiger partial charge in [-0.3, -0.25) is 9.69 Å². The molecule has 116 valence electrons. The predicted octanol–water partition coefficient (Wildman–Crippen LogP) is 2.77. The zero-order valence-corrected chi connectivity index (χ0v) is 13.7. The number of carboxylic acid groups (broad SMARTS) is 1. The van der Waals surface area contributed by atoms with Gasteiger partial charge in [-0.1, -0.05) is 13.8 Å². The van der Waals surface area contributed by atoms with Crippen LogP contribution in [0.3, 0.4) is 0 Å². The van der Waals surface area contributed by atoms with Gasteiger partial charge >= 0.3 is 5.97 Å². The van der Waals surface area contributed by atoms with E-state index in [4.69, 9.17) is 4.74 Å². The van der Waals surface area contributed by atoms with Crippen LogP contribution in [0.25, 0.3) is 0 Å². The maximum absolute atomic E-state index is 11.8. The third kappa shape index (κ3) is 2.48. The van der Waals surface area contributed by atoms with Crippen molar-refractivity contribution < 1.29 is 14.6 Å². The van der Waals surface area contributed by atoms with Crippen LogP contribution in [0.2, 0.25) is 0 Å². The molecule has 2 fully saturated rings. The topological polar surface area (TPSA) is 49.8 Å². The summed E-state index contributed by atoms with van der Waals surface area (Å²) in [7, 11) is 0. The Kier molecular flexibility index (Phi) is 3.71. The first-order valence-corrected chi connectivity index (χ1v) is 7.68. The molecule has 1 N–H and O–H groups in total. The second-order valence-electron chi connectivity index (χ2n) is 8.02. The Labute approximate surface area is 122 Å². The first kappa shape index (κ1) is 15.8. The van der Waals surface area contributed by atoms with Gasteiger partial charge in [0.2, 0.25) is 0 Å². The number of rotatable bonds is 3. The normalized spacial score (nSPS) is 36.6. The summed E-state index contributed by atoms with van der Waals surface area (Å²) < 4.78 is 6.16. The summed E-state index contributed by atoms with van der Waals surface area (Å²) >= 11 is 0. The van der Waals surface area contributed by atoms with Gasteiger partial charge in [0.05, 0.1) is 16.6 Å². The maximum Gasteiger partial charge on any atom is 0.311 e. The molecule has 0 bridgehead atoms. The van der Waals surface area contributed by atoms with Crippen molar-refractivity contribution in [3.63, 3.8) is 0 Å². The first-order valence-electron chi connectivity index (χ1n) is 7.68. The zero-order valence-electron chi connectivity index (χ0n) is 13.7. The van der Waals surface area contributed by atoms with Gasteiger partial charge < -0.3 is 9.84 Å². The lowest BCUT2D eigenvalue weighted by molar-refractivity contribution is -0.151. The molecule has 2 aliphatic rings. The number of hydrogen-bond donors (Lipinski definition) is 1. The lowest BCUT2D eigenvalue weighted by Crippen LogP contribution is -2.48. The van der Waals surface area contributed by atoms with Crippen LogP contribution in [-0.2, 0) is 9.53 Å². The Hall–Kier alpha value is -0.610. The molecule has 0 aliphatic carbocycles. The van der Waals surface area contributed by atoms with Crippen LogP contribution < -0.4 is 0 Å². The van der Waals surface area contributed by atoms with Gasteiger partial charge in [0, 0.05) is 12.6 Å². The molecule has 0 amide bonds. The number of ether oxygens (including phenoxy) is 1. The highest BCUT2D eigenvalue weighted by atomic mass is 16.5. The second-order valence-corrected chi connectivity index (χ2v) is 8.02. The molecule has 0 radical (unpaired) electrons. The van der Waals surface area contributed by atoms with Gasteiger partial charge in [0.25, 0.3) is 0 Å². The third-order valence-corrected chi connectivity index (χ3v) is 5.33. The van der Waals surface area contributed by atoms with Crippen LogP contribution in [-0.4, -0.2) is 46.3 Å². The van der Waals surface area contributed by atoms with Crippen molar-refractivity contribution in [2.24, 2.45) is 11.3 Å². The standard InChI is InChI=1S/C16H29NO3/c1-11(2)16(13(18)19)7-8-17(10-16)12-9-14(3,4)20-15(12,5)6/h11-12H,7-10H2,1-6H3,(H,18,19). The summed E-state index contributed by atoms with van der Waals surface area (Å²) in [6, 6.07) is 0.303. The van der Waals surface area contributed by atoms with Crippen molar-refractivity contribution in [1.82, 2.24) is 4.90 Å². The van der Waals surface area contributed by atoms with E-state index in [2.05, 4.69) is 32.6 Å². The van der Waals surface area contributed by atoms with Gasteiger partial charge in [-0.2, -0.15) is 0 Å². The molecule has 0 spiro atoms. The van der Waals surface area contributed by atoms with Crippen LogP contribution in [0.4, 0.5) is 0 Å². The van der Waals surface area contributed by atoms with E-state index in [1.165, 1.54) is 0 Å². The average molecular weight is 283 g/mol. The number of nitrogens with zero attached hydrogens (tertiary/aromatic N) is 1. The van der Waals surface area contributed by atoms with Crippen molar-refractivity contribution in [2.75, 3.05) is 13.1 Å². The monoisotopic (exact) mass is 283 g/mol. The van der Waals surface area contributed by atoms with Gasteiger partial charge in [-0.05, 0) is 53.0 Å². The van der Waals surface area contributed by atoms with Crippen molar-refractivity contribution in [1.29, 1.82) is 0 Å². The molecule has 0 aromatic heterocycles. The SMILES string of the molecule is CC(C)C1(C(=O)O)CCN(C2CC(C)(C)OC2(C)C)C1. The third-order valence-electron chi connectivity index (χ3n) is 5.33. The van der Waals surface area contributed by atoms with E-state index in [1.54, 1.807) is 0 Å². The van der Waals surface area contributed by atoms with Crippen LogP contribution in [0.1, 0.15) is 54.4 Å². The van der Waals surface area contributed by atoms with Gasteiger partial charge in [0.15, 0.2) is 0 Å². The van der Waals surface area contributed by atoms with E-state index in [-0.39, 0.29) is 17.1 Å². The molecule has 20 heavy (non-hydrogen) atoms. The Morgan fingerprint density at radius 2 is 1.90 bits per heavy atom. The number of carboxylic acids is 1. The second kappa shape index (κ2) is 4.70. The molecule has 2 heterocycles. The van der Waals surface area contributed by atoms with Crippen LogP contribution >= 0.6 is 0 Å². The smallest absolute Gasteiger partial charge is 0.311 e. The lowest BCUT2D eigenvalue weighted by atomic mass is 9.76. The molecule has 0 aromatic carbocycles. The van der Waals surface area contributed by atoms with Crippen LogP contribution in [0, 0.1) is 11.3 Å². The molecule has 2 atom stereocenters. The minimum atomic E-state index is -0.647. The average Bonchev–Trinajstić information content (AvgIpc) is 2.77. The zero-order chi connectivity index (χ0) is 15.3. The molecule has 0 aromatic rings. The number of likely N-dealkylation sites (tertiary alicyclic amines) is 1. The number of hydrogen-bond acceptors (Lipinski definition) is 3. The van der Waals surface area contributed by atoms with E-state index in [9.17, 15) is 9.90 Å². The fourth-order valence-electron chi connectivity index (χ4n) is 4.12. The lowest BCUT2D eigenvalue weighted by Gasteiger charge is -2.35. The molecule has 2 aliphatic heterocycles. The minimum absolute atomic E-state index is 0.125. The molecular weight excluding hydrogens is 254 g/mol. The molecule has 2 unspecified atom stereocenters. The van der Waals surface area contributed by atoms with Gasteiger partial charge in [-0.15, -0.1) is 0 Å². The highest BCUT2D eigenvalue weighted by Crippen LogP contribution is 2.45. The van der Waals surface area contributed by atoms with Gasteiger partial charge in [-0.25, -0.2) is 0 Å². The van der Waals surface area contributed by atoms with Crippen molar-refractivity contribution in [2.45, 2.75) is 71.6 Å². The molecule has 4 nitrogen and oxygen atoms in total. The molecule has 2 saturated heterocycles. The summed E-state index contributed by atoms with van der Waals surface area (Å²) in [6.07, 6.45) is 1.71. The Morgan fingerprint density at radius 1 is 1.30 bits per heavy atom. The van der Waals surface area contributed by atoms with Gasteiger partial charge in [0.1, 0.15) is 0 Å². The van der Waals surface area contributed by atoms with E-state index in [0.29, 0.717) is 12.6 Å². The number of aliphatic carboxylic acids is 1. The maximum atomic E-state index is 11.8. The van der Waals surface area contributed by atoms with Crippen molar-refractivity contribution in [3.8, 4) is 0 Å². The number of carbonyl (C=O) groups is 1.